The predicted molar refractivity (Wildman–Crippen MR) is 111 cm³/mol. The molecular formula is C20H31N3O3S. The quantitative estimate of drug-likeness (QED) is 0.453. The standard InChI is InChI=1S/C20H31N3O3S/c1-6-9-26-12-16(24)10-23(8-7-13(2)3)11-17-21-19(25)18-14(4)15(5)27-20(18)22-17/h6,13,16,24H,1,7-12H2,2-5H3,(H,21,22,25)/t16-/m0/s1. The Labute approximate surface area is 164 Å². The van der Waals surface area contributed by atoms with E-state index in [1.165, 1.54) is 0 Å². The molecule has 0 saturated carbocycles. The van der Waals surface area contributed by atoms with Gasteiger partial charge in [-0.25, -0.2) is 4.98 Å². The van der Waals surface area contributed by atoms with Crippen LogP contribution in [0.3, 0.4) is 0 Å². The summed E-state index contributed by atoms with van der Waals surface area (Å²) in [4.78, 5) is 24.1. The molecule has 0 unspecified atom stereocenters. The Morgan fingerprint density at radius 2 is 2.15 bits per heavy atom. The summed E-state index contributed by atoms with van der Waals surface area (Å²) in [5.74, 6) is 1.19. The van der Waals surface area contributed by atoms with Gasteiger partial charge in [0.05, 0.1) is 31.2 Å². The number of aliphatic hydroxyl groups is 1. The largest absolute Gasteiger partial charge is 0.389 e. The number of nitrogens with one attached hydrogen (secondary N) is 1. The normalized spacial score (nSPS) is 13.0. The van der Waals surface area contributed by atoms with Crippen LogP contribution < -0.4 is 5.56 Å². The van der Waals surface area contributed by atoms with Crippen LogP contribution in [0.5, 0.6) is 0 Å². The Morgan fingerprint density at radius 1 is 1.41 bits per heavy atom. The number of aryl methyl sites for hydroxylation is 2. The average Bonchev–Trinajstić information content (AvgIpc) is 2.87. The molecule has 6 nitrogen and oxygen atoms in total. The van der Waals surface area contributed by atoms with Crippen molar-refractivity contribution in [2.45, 2.75) is 46.8 Å². The SMILES string of the molecule is C=CCOC[C@@H](O)CN(CCC(C)C)Cc1nc2sc(C)c(C)c2c(=O)[nH]1. The first kappa shape index (κ1) is 21.8. The molecule has 0 aliphatic carbocycles. The van der Waals surface area contributed by atoms with Gasteiger partial charge in [-0.1, -0.05) is 19.9 Å². The molecule has 0 radical (unpaired) electrons. The lowest BCUT2D eigenvalue weighted by molar-refractivity contribution is 0.0232. The van der Waals surface area contributed by atoms with Crippen LogP contribution in [0.25, 0.3) is 10.2 Å². The first-order valence-electron chi connectivity index (χ1n) is 9.39. The Morgan fingerprint density at radius 3 is 2.81 bits per heavy atom. The van der Waals surface area contributed by atoms with Crippen molar-refractivity contribution in [3.8, 4) is 0 Å². The molecule has 1 atom stereocenters. The Balaban J connectivity index is 2.14. The maximum atomic E-state index is 12.5. The van der Waals surface area contributed by atoms with Crippen molar-refractivity contribution >= 4 is 21.6 Å². The minimum Gasteiger partial charge on any atom is -0.389 e. The van der Waals surface area contributed by atoms with E-state index in [0.29, 0.717) is 36.8 Å². The second-order valence-corrected chi connectivity index (χ2v) is 8.58. The summed E-state index contributed by atoms with van der Waals surface area (Å²) in [5.41, 5.74) is 0.914. The third-order valence-corrected chi connectivity index (χ3v) is 5.60. The second-order valence-electron chi connectivity index (χ2n) is 7.37. The lowest BCUT2D eigenvalue weighted by Crippen LogP contribution is -2.36. The predicted octanol–water partition coefficient (Wildman–Crippen LogP) is 3.01. The number of thiophene rings is 1. The first-order chi connectivity index (χ1) is 12.8. The maximum absolute atomic E-state index is 12.5. The van der Waals surface area contributed by atoms with Gasteiger partial charge in [-0.3, -0.25) is 9.69 Å². The molecule has 2 aromatic heterocycles. The van der Waals surface area contributed by atoms with E-state index in [1.807, 2.05) is 13.8 Å². The van der Waals surface area contributed by atoms with Gasteiger partial charge < -0.3 is 14.8 Å². The van der Waals surface area contributed by atoms with Crippen LogP contribution in [0.4, 0.5) is 0 Å². The van der Waals surface area contributed by atoms with Gasteiger partial charge in [-0.05, 0) is 38.3 Å². The van der Waals surface area contributed by atoms with Gasteiger partial charge in [0.1, 0.15) is 10.7 Å². The highest BCUT2D eigenvalue weighted by Gasteiger charge is 2.17. The molecule has 7 heteroatoms. The molecule has 2 aromatic rings. The minimum atomic E-state index is -0.598. The van der Waals surface area contributed by atoms with Gasteiger partial charge >= 0.3 is 0 Å². The van der Waals surface area contributed by atoms with Crippen molar-refractivity contribution < 1.29 is 9.84 Å². The number of hydrogen-bond donors (Lipinski definition) is 2. The van der Waals surface area contributed by atoms with E-state index in [4.69, 9.17) is 4.74 Å². The van der Waals surface area contributed by atoms with Gasteiger partial charge in [0.15, 0.2) is 0 Å². The molecule has 27 heavy (non-hydrogen) atoms. The van der Waals surface area contributed by atoms with Gasteiger partial charge in [0, 0.05) is 11.4 Å². The van der Waals surface area contributed by atoms with E-state index in [2.05, 4.69) is 35.3 Å². The highest BCUT2D eigenvalue weighted by Crippen LogP contribution is 2.25. The Kier molecular flexibility index (Phi) is 8.16. The van der Waals surface area contributed by atoms with E-state index in [1.54, 1.807) is 17.4 Å². The van der Waals surface area contributed by atoms with Crippen LogP contribution >= 0.6 is 11.3 Å². The first-order valence-corrected chi connectivity index (χ1v) is 10.2. The molecule has 2 heterocycles. The molecule has 0 saturated heterocycles. The monoisotopic (exact) mass is 393 g/mol. The molecule has 0 aliphatic rings. The van der Waals surface area contributed by atoms with Gasteiger partial charge in [0.25, 0.3) is 5.56 Å². The van der Waals surface area contributed by atoms with E-state index in [0.717, 1.165) is 28.2 Å². The molecule has 0 amide bonds. The summed E-state index contributed by atoms with van der Waals surface area (Å²) in [6, 6.07) is 0. The molecular weight excluding hydrogens is 362 g/mol. The number of H-pyrrole nitrogens is 1. The summed E-state index contributed by atoms with van der Waals surface area (Å²) in [7, 11) is 0. The summed E-state index contributed by atoms with van der Waals surface area (Å²) < 4.78 is 5.35. The zero-order chi connectivity index (χ0) is 20.0. The van der Waals surface area contributed by atoms with Crippen LogP contribution in [0.15, 0.2) is 17.4 Å². The average molecular weight is 394 g/mol. The Hall–Kier alpha value is -1.54. The van der Waals surface area contributed by atoms with Crippen molar-refractivity contribution in [1.82, 2.24) is 14.9 Å². The van der Waals surface area contributed by atoms with Crippen molar-refractivity contribution in [3.05, 3.63) is 39.3 Å². The molecule has 0 spiro atoms. The van der Waals surface area contributed by atoms with Crippen molar-refractivity contribution in [3.63, 3.8) is 0 Å². The molecule has 0 fully saturated rings. The fourth-order valence-electron chi connectivity index (χ4n) is 2.90. The lowest BCUT2D eigenvalue weighted by Gasteiger charge is -2.25. The van der Waals surface area contributed by atoms with Crippen LogP contribution in [-0.4, -0.2) is 52.4 Å². The van der Waals surface area contributed by atoms with Crippen molar-refractivity contribution in [1.29, 1.82) is 0 Å². The summed E-state index contributed by atoms with van der Waals surface area (Å²) in [6.07, 6.45) is 2.07. The maximum Gasteiger partial charge on any atom is 0.259 e. The molecule has 2 N–H and O–H groups in total. The topological polar surface area (TPSA) is 78.5 Å². The zero-order valence-electron chi connectivity index (χ0n) is 16.7. The minimum absolute atomic E-state index is 0.0875. The fourth-order valence-corrected chi connectivity index (χ4v) is 3.95. The van der Waals surface area contributed by atoms with Crippen LogP contribution in [0, 0.1) is 19.8 Å². The highest BCUT2D eigenvalue weighted by molar-refractivity contribution is 7.18. The lowest BCUT2D eigenvalue weighted by atomic mass is 10.1. The number of aromatic amines is 1. The third kappa shape index (κ3) is 6.24. The number of hydrogen-bond acceptors (Lipinski definition) is 6. The van der Waals surface area contributed by atoms with Crippen LogP contribution in [0.1, 0.15) is 36.5 Å². The van der Waals surface area contributed by atoms with Gasteiger partial charge in [-0.15, -0.1) is 17.9 Å². The fraction of sp³-hybridized carbons (Fsp3) is 0.600. The number of rotatable bonds is 11. The number of ether oxygens (including phenoxy) is 1. The number of fused-ring (bicyclic) bond motifs is 1. The second kappa shape index (κ2) is 10.1. The zero-order valence-corrected chi connectivity index (χ0v) is 17.6. The van der Waals surface area contributed by atoms with E-state index in [-0.39, 0.29) is 12.2 Å². The molecule has 0 aliphatic heterocycles. The Bertz CT molecular complexity index is 813. The molecule has 2 rings (SSSR count). The van der Waals surface area contributed by atoms with Gasteiger partial charge in [0.2, 0.25) is 0 Å². The van der Waals surface area contributed by atoms with Crippen LogP contribution in [0.2, 0.25) is 0 Å². The van der Waals surface area contributed by atoms with E-state index < -0.39 is 6.10 Å². The number of aliphatic hydroxyl groups excluding tert-OH is 1. The van der Waals surface area contributed by atoms with E-state index >= 15 is 0 Å². The van der Waals surface area contributed by atoms with Crippen molar-refractivity contribution in [2.24, 2.45) is 5.92 Å². The molecule has 150 valence electrons. The number of nitrogens with zero attached hydrogens (tertiary/aromatic N) is 2. The third-order valence-electron chi connectivity index (χ3n) is 4.50. The van der Waals surface area contributed by atoms with Crippen LogP contribution in [-0.2, 0) is 11.3 Å². The smallest absolute Gasteiger partial charge is 0.259 e. The summed E-state index contributed by atoms with van der Waals surface area (Å²) in [5, 5.41) is 11.0. The van der Waals surface area contributed by atoms with Gasteiger partial charge in [-0.2, -0.15) is 0 Å². The number of aromatic nitrogens is 2. The summed E-state index contributed by atoms with van der Waals surface area (Å²) in [6.45, 7) is 14.4. The molecule has 0 bridgehead atoms. The van der Waals surface area contributed by atoms with Crippen molar-refractivity contribution in [2.75, 3.05) is 26.3 Å². The van der Waals surface area contributed by atoms with E-state index in [9.17, 15) is 9.90 Å². The molecule has 0 aromatic carbocycles. The summed E-state index contributed by atoms with van der Waals surface area (Å²) >= 11 is 1.55. The highest BCUT2D eigenvalue weighted by atomic mass is 32.1.